The largest absolute Gasteiger partial charge is 0.379 e. The lowest BCUT2D eigenvalue weighted by Crippen LogP contribution is -2.15. The minimum absolute atomic E-state index is 0.0144. The number of rotatable bonds is 3. The lowest BCUT2D eigenvalue weighted by Gasteiger charge is -2.04. The molecule has 1 heterocycles. The molecule has 10 heteroatoms. The Kier molecular flexibility index (Phi) is 3.42. The van der Waals surface area contributed by atoms with Crippen molar-refractivity contribution in [3.8, 4) is 0 Å². The van der Waals surface area contributed by atoms with Gasteiger partial charge >= 0.3 is 0 Å². The maximum Gasteiger partial charge on any atom is 0.293 e. The first kappa shape index (κ1) is 13.0. The molecule has 0 bridgehead atoms. The molecule has 1 aromatic carbocycles. The monoisotopic (exact) mass is 327 g/mol. The number of anilines is 2. The van der Waals surface area contributed by atoms with Gasteiger partial charge in [-0.15, -0.1) is 0 Å². The van der Waals surface area contributed by atoms with E-state index in [-0.39, 0.29) is 22.9 Å². The quantitative estimate of drug-likeness (QED) is 0.644. The molecule has 3 N–H and O–H groups in total. The fourth-order valence-corrected chi connectivity index (χ4v) is 1.65. The molecule has 0 atom stereocenters. The summed E-state index contributed by atoms with van der Waals surface area (Å²) >= 11 is 3.11. The number of amides is 1. The van der Waals surface area contributed by atoms with Gasteiger partial charge in [0.15, 0.2) is 0 Å². The normalized spacial score (nSPS) is 10.2. The Labute approximate surface area is 114 Å². The van der Waals surface area contributed by atoms with Gasteiger partial charge < -0.3 is 11.1 Å². The molecule has 0 aliphatic heterocycles. The van der Waals surface area contributed by atoms with Crippen molar-refractivity contribution in [3.63, 3.8) is 0 Å². The van der Waals surface area contributed by atoms with E-state index in [0.717, 1.165) is 0 Å². The molecule has 19 heavy (non-hydrogen) atoms. The summed E-state index contributed by atoms with van der Waals surface area (Å²) in [5, 5.41) is 19.7. The SMILES string of the molecule is Nc1nonc1C(=O)Nc1ccc(Br)cc1[N+](=O)[O-]. The molecule has 9 nitrogen and oxygen atoms in total. The summed E-state index contributed by atoms with van der Waals surface area (Å²) in [4.78, 5) is 22.0. The second-order valence-corrected chi connectivity index (χ2v) is 4.29. The lowest BCUT2D eigenvalue weighted by molar-refractivity contribution is -0.384. The highest BCUT2D eigenvalue weighted by atomic mass is 79.9. The Hall–Kier alpha value is -2.49. The molecular formula is C9H6BrN5O4. The number of carbonyl (C=O) groups excluding carboxylic acids is 1. The van der Waals surface area contributed by atoms with Gasteiger partial charge in [0, 0.05) is 10.5 Å². The first-order valence-electron chi connectivity index (χ1n) is 4.82. The molecule has 0 aliphatic carbocycles. The van der Waals surface area contributed by atoms with E-state index in [9.17, 15) is 14.9 Å². The number of halogens is 1. The fraction of sp³-hybridized carbons (Fsp3) is 0. The lowest BCUT2D eigenvalue weighted by atomic mass is 10.2. The first-order valence-corrected chi connectivity index (χ1v) is 5.61. The standard InChI is InChI=1S/C9H6BrN5O4/c10-4-1-2-5(6(3-4)15(17)18)12-9(16)7-8(11)14-19-13-7/h1-3H,(H2,11,14)(H,12,16). The van der Waals surface area contributed by atoms with Crippen LogP contribution in [0.4, 0.5) is 17.2 Å². The number of nitrogens with one attached hydrogen (secondary N) is 1. The number of nitro benzene ring substituents is 1. The maximum absolute atomic E-state index is 11.8. The number of hydrogen-bond acceptors (Lipinski definition) is 7. The van der Waals surface area contributed by atoms with E-state index in [2.05, 4.69) is 36.2 Å². The van der Waals surface area contributed by atoms with Crippen molar-refractivity contribution < 1.29 is 14.3 Å². The predicted octanol–water partition coefficient (Wildman–Crippen LogP) is 1.57. The highest BCUT2D eigenvalue weighted by molar-refractivity contribution is 9.10. The number of nitrogens with zero attached hydrogens (tertiary/aromatic N) is 3. The van der Waals surface area contributed by atoms with E-state index in [4.69, 9.17) is 5.73 Å². The van der Waals surface area contributed by atoms with Gasteiger partial charge in [0.1, 0.15) is 5.69 Å². The molecule has 1 aromatic heterocycles. The highest BCUT2D eigenvalue weighted by Crippen LogP contribution is 2.28. The second kappa shape index (κ2) is 5.02. The molecule has 2 aromatic rings. The van der Waals surface area contributed by atoms with Gasteiger partial charge in [0.2, 0.25) is 11.5 Å². The number of aromatic nitrogens is 2. The Balaban J connectivity index is 2.32. The first-order chi connectivity index (χ1) is 8.99. The van der Waals surface area contributed by atoms with Gasteiger partial charge in [0.25, 0.3) is 11.6 Å². The molecule has 0 aliphatic rings. The van der Waals surface area contributed by atoms with Gasteiger partial charge in [0.05, 0.1) is 4.92 Å². The number of nitrogen functional groups attached to an aromatic ring is 1. The minimum atomic E-state index is -0.746. The Morgan fingerprint density at radius 3 is 2.79 bits per heavy atom. The summed E-state index contributed by atoms with van der Waals surface area (Å²) in [6.07, 6.45) is 0. The fourth-order valence-electron chi connectivity index (χ4n) is 1.30. The van der Waals surface area contributed by atoms with Crippen LogP contribution in [-0.4, -0.2) is 21.1 Å². The van der Waals surface area contributed by atoms with Crippen molar-refractivity contribution in [1.29, 1.82) is 0 Å². The van der Waals surface area contributed by atoms with E-state index < -0.39 is 10.8 Å². The zero-order valence-corrected chi connectivity index (χ0v) is 10.7. The van der Waals surface area contributed by atoms with Gasteiger partial charge in [-0.05, 0) is 22.4 Å². The number of hydrogen-bond donors (Lipinski definition) is 2. The third kappa shape index (κ3) is 2.68. The molecule has 0 fully saturated rings. The average molecular weight is 328 g/mol. The molecule has 1 amide bonds. The van der Waals surface area contributed by atoms with Crippen LogP contribution < -0.4 is 11.1 Å². The van der Waals surface area contributed by atoms with Gasteiger partial charge in [-0.1, -0.05) is 15.9 Å². The number of nitrogens with two attached hydrogens (primary N) is 1. The van der Waals surface area contributed by atoms with Crippen LogP contribution in [0.15, 0.2) is 27.3 Å². The molecule has 0 unspecified atom stereocenters. The Morgan fingerprint density at radius 2 is 2.21 bits per heavy atom. The maximum atomic E-state index is 11.8. The molecule has 0 saturated carbocycles. The van der Waals surface area contributed by atoms with Crippen LogP contribution in [0.1, 0.15) is 10.5 Å². The van der Waals surface area contributed by atoms with Gasteiger partial charge in [-0.25, -0.2) is 4.63 Å². The van der Waals surface area contributed by atoms with E-state index in [1.54, 1.807) is 6.07 Å². The van der Waals surface area contributed by atoms with E-state index in [1.807, 2.05) is 0 Å². The summed E-state index contributed by atoms with van der Waals surface area (Å²) in [6, 6.07) is 4.19. The molecule has 0 spiro atoms. The molecule has 2 rings (SSSR count). The van der Waals surface area contributed by atoms with Crippen molar-refractivity contribution in [1.82, 2.24) is 10.3 Å². The smallest absolute Gasteiger partial charge is 0.293 e. The second-order valence-electron chi connectivity index (χ2n) is 3.37. The van der Waals surface area contributed by atoms with E-state index in [1.165, 1.54) is 12.1 Å². The molecule has 0 radical (unpaired) electrons. The van der Waals surface area contributed by atoms with Crippen LogP contribution in [0.5, 0.6) is 0 Å². The van der Waals surface area contributed by atoms with Crippen LogP contribution in [0.25, 0.3) is 0 Å². The third-order valence-corrected chi connectivity index (χ3v) is 2.63. The predicted molar refractivity (Wildman–Crippen MR) is 67.5 cm³/mol. The summed E-state index contributed by atoms with van der Waals surface area (Å²) < 4.78 is 4.79. The van der Waals surface area contributed by atoms with Crippen LogP contribution in [0, 0.1) is 10.1 Å². The van der Waals surface area contributed by atoms with Crippen molar-refractivity contribution in [2.24, 2.45) is 0 Å². The van der Waals surface area contributed by atoms with Crippen LogP contribution >= 0.6 is 15.9 Å². The topological polar surface area (TPSA) is 137 Å². The van der Waals surface area contributed by atoms with Crippen molar-refractivity contribution >= 4 is 39.0 Å². The summed E-state index contributed by atoms with van der Waals surface area (Å²) in [6.45, 7) is 0. The third-order valence-electron chi connectivity index (χ3n) is 2.13. The Bertz CT molecular complexity index is 656. The number of benzene rings is 1. The van der Waals surface area contributed by atoms with Gasteiger partial charge in [-0.2, -0.15) is 0 Å². The van der Waals surface area contributed by atoms with E-state index in [0.29, 0.717) is 4.47 Å². The number of carbonyl (C=O) groups is 1. The van der Waals surface area contributed by atoms with Crippen LogP contribution in [0.2, 0.25) is 0 Å². The van der Waals surface area contributed by atoms with Crippen LogP contribution in [0.3, 0.4) is 0 Å². The summed E-state index contributed by atoms with van der Waals surface area (Å²) in [7, 11) is 0. The summed E-state index contributed by atoms with van der Waals surface area (Å²) in [5.41, 5.74) is 4.86. The Morgan fingerprint density at radius 1 is 1.47 bits per heavy atom. The summed E-state index contributed by atoms with van der Waals surface area (Å²) in [5.74, 6) is -0.943. The molecule has 0 saturated heterocycles. The number of nitro groups is 1. The van der Waals surface area contributed by atoms with Crippen molar-refractivity contribution in [2.45, 2.75) is 0 Å². The molecular weight excluding hydrogens is 322 g/mol. The minimum Gasteiger partial charge on any atom is -0.379 e. The zero-order chi connectivity index (χ0) is 14.0. The highest BCUT2D eigenvalue weighted by Gasteiger charge is 2.21. The average Bonchev–Trinajstić information content (AvgIpc) is 2.77. The van der Waals surface area contributed by atoms with Crippen LogP contribution in [-0.2, 0) is 0 Å². The van der Waals surface area contributed by atoms with Crippen molar-refractivity contribution in [2.75, 3.05) is 11.1 Å². The van der Waals surface area contributed by atoms with Crippen molar-refractivity contribution in [3.05, 3.63) is 38.5 Å². The van der Waals surface area contributed by atoms with E-state index >= 15 is 0 Å². The van der Waals surface area contributed by atoms with Gasteiger partial charge in [-0.3, -0.25) is 14.9 Å². The zero-order valence-electron chi connectivity index (χ0n) is 9.16. The molecule has 98 valence electrons.